The van der Waals surface area contributed by atoms with Crippen LogP contribution in [-0.4, -0.2) is 18.0 Å². The van der Waals surface area contributed by atoms with Crippen molar-refractivity contribution in [3.05, 3.63) is 59.7 Å². The van der Waals surface area contributed by atoms with Gasteiger partial charge in [-0.3, -0.25) is 4.79 Å². The van der Waals surface area contributed by atoms with Crippen molar-refractivity contribution in [2.45, 2.75) is 45.1 Å². The van der Waals surface area contributed by atoms with E-state index in [1.165, 1.54) is 19.3 Å². The molecule has 1 aliphatic rings. The van der Waals surface area contributed by atoms with Gasteiger partial charge in [0.15, 0.2) is 0 Å². The normalized spacial score (nSPS) is 14.5. The van der Waals surface area contributed by atoms with Gasteiger partial charge in [-0.2, -0.15) is 0 Å². The predicted molar refractivity (Wildman–Crippen MR) is 105 cm³/mol. The van der Waals surface area contributed by atoms with Crippen molar-refractivity contribution in [2.75, 3.05) is 10.6 Å². The first-order chi connectivity index (χ1) is 12.6. The zero-order valence-electron chi connectivity index (χ0n) is 15.0. The maximum absolute atomic E-state index is 12.3. The molecule has 0 bridgehead atoms. The highest BCUT2D eigenvalue weighted by molar-refractivity contribution is 6.00. The summed E-state index contributed by atoms with van der Waals surface area (Å²) in [6.45, 7) is 2.00. The number of carbonyl (C=O) groups is 2. The highest BCUT2D eigenvalue weighted by Crippen LogP contribution is 2.18. The van der Waals surface area contributed by atoms with Crippen LogP contribution in [-0.2, 0) is 0 Å². The molecule has 5 nitrogen and oxygen atoms in total. The van der Waals surface area contributed by atoms with E-state index < -0.39 is 0 Å². The lowest BCUT2D eigenvalue weighted by molar-refractivity contribution is 0.0927. The third kappa shape index (κ3) is 5.09. The van der Waals surface area contributed by atoms with Crippen LogP contribution in [0.15, 0.2) is 48.5 Å². The van der Waals surface area contributed by atoms with Crippen LogP contribution >= 0.6 is 0 Å². The number of urea groups is 1. The van der Waals surface area contributed by atoms with Crippen molar-refractivity contribution in [1.82, 2.24) is 5.32 Å². The third-order valence-electron chi connectivity index (χ3n) is 4.65. The van der Waals surface area contributed by atoms with E-state index in [1.54, 1.807) is 24.3 Å². The summed E-state index contributed by atoms with van der Waals surface area (Å²) in [5.74, 6) is -0.0486. The first kappa shape index (κ1) is 18.0. The Labute approximate surface area is 154 Å². The van der Waals surface area contributed by atoms with E-state index in [2.05, 4.69) is 16.0 Å². The van der Waals surface area contributed by atoms with Gasteiger partial charge in [-0.15, -0.1) is 0 Å². The molecular weight excluding hydrogens is 326 g/mol. The summed E-state index contributed by atoms with van der Waals surface area (Å²) in [5, 5.41) is 8.64. The molecule has 1 fully saturated rings. The summed E-state index contributed by atoms with van der Waals surface area (Å²) in [5.41, 5.74) is 3.12. The Hall–Kier alpha value is -2.82. The minimum Gasteiger partial charge on any atom is -0.349 e. The second kappa shape index (κ2) is 8.52. The molecule has 136 valence electrons. The van der Waals surface area contributed by atoms with E-state index in [0.29, 0.717) is 11.3 Å². The molecule has 0 radical (unpaired) electrons. The van der Waals surface area contributed by atoms with Crippen LogP contribution in [0.5, 0.6) is 0 Å². The number of hydrogen-bond donors (Lipinski definition) is 3. The van der Waals surface area contributed by atoms with E-state index in [9.17, 15) is 9.59 Å². The fraction of sp³-hybridized carbons (Fsp3) is 0.333. The average Bonchev–Trinajstić information content (AvgIpc) is 2.65. The second-order valence-corrected chi connectivity index (χ2v) is 6.83. The van der Waals surface area contributed by atoms with Gasteiger partial charge in [0.05, 0.1) is 0 Å². The number of carbonyl (C=O) groups excluding carboxylic acids is 2. The van der Waals surface area contributed by atoms with Crippen molar-refractivity contribution in [3.63, 3.8) is 0 Å². The van der Waals surface area contributed by atoms with Crippen molar-refractivity contribution in [1.29, 1.82) is 0 Å². The molecule has 0 unspecified atom stereocenters. The molecule has 0 spiro atoms. The van der Waals surface area contributed by atoms with Crippen molar-refractivity contribution in [2.24, 2.45) is 0 Å². The van der Waals surface area contributed by atoms with Gasteiger partial charge in [0.1, 0.15) is 0 Å². The molecule has 0 aliphatic heterocycles. The third-order valence-corrected chi connectivity index (χ3v) is 4.65. The van der Waals surface area contributed by atoms with Crippen LogP contribution in [0.25, 0.3) is 0 Å². The number of rotatable bonds is 4. The quantitative estimate of drug-likeness (QED) is 0.747. The fourth-order valence-electron chi connectivity index (χ4n) is 3.15. The van der Waals surface area contributed by atoms with Gasteiger partial charge in [-0.1, -0.05) is 37.0 Å². The number of aryl methyl sites for hydroxylation is 1. The standard InChI is InChI=1S/C21H25N3O2/c1-15-7-11-18(12-8-15)23-21(26)24-19-13-9-16(10-14-19)20(25)22-17-5-3-2-4-6-17/h7-14,17H,2-6H2,1H3,(H,22,25)(H2,23,24,26). The Balaban J connectivity index is 1.52. The molecule has 0 aromatic heterocycles. The summed E-state index contributed by atoms with van der Waals surface area (Å²) >= 11 is 0. The molecule has 3 rings (SSSR count). The topological polar surface area (TPSA) is 70.2 Å². The summed E-state index contributed by atoms with van der Waals surface area (Å²) in [4.78, 5) is 24.4. The Kier molecular flexibility index (Phi) is 5.89. The van der Waals surface area contributed by atoms with Crippen LogP contribution in [0, 0.1) is 6.92 Å². The first-order valence-electron chi connectivity index (χ1n) is 9.16. The minimum atomic E-state index is -0.312. The van der Waals surface area contributed by atoms with E-state index in [4.69, 9.17) is 0 Å². The lowest BCUT2D eigenvalue weighted by Crippen LogP contribution is -2.36. The smallest absolute Gasteiger partial charge is 0.323 e. The number of anilines is 2. The molecule has 1 aliphatic carbocycles. The van der Waals surface area contributed by atoms with Crippen molar-refractivity contribution in [3.8, 4) is 0 Å². The highest BCUT2D eigenvalue weighted by atomic mass is 16.2. The lowest BCUT2D eigenvalue weighted by Gasteiger charge is -2.22. The van der Waals surface area contributed by atoms with Gasteiger partial charge in [0.25, 0.3) is 5.91 Å². The van der Waals surface area contributed by atoms with Crippen LogP contribution in [0.4, 0.5) is 16.2 Å². The monoisotopic (exact) mass is 351 g/mol. The molecule has 0 heterocycles. The number of hydrogen-bond acceptors (Lipinski definition) is 2. The van der Waals surface area contributed by atoms with Crippen LogP contribution in [0.3, 0.4) is 0 Å². The van der Waals surface area contributed by atoms with Gasteiger partial charge in [0.2, 0.25) is 0 Å². The van der Waals surface area contributed by atoms with E-state index in [-0.39, 0.29) is 18.0 Å². The maximum Gasteiger partial charge on any atom is 0.323 e. The molecule has 5 heteroatoms. The molecule has 26 heavy (non-hydrogen) atoms. The number of amides is 3. The largest absolute Gasteiger partial charge is 0.349 e. The van der Waals surface area contributed by atoms with Gasteiger partial charge in [-0.05, 0) is 56.2 Å². The zero-order chi connectivity index (χ0) is 18.4. The van der Waals surface area contributed by atoms with Crippen LogP contribution < -0.4 is 16.0 Å². The maximum atomic E-state index is 12.3. The Morgan fingerprint density at radius 1 is 0.808 bits per heavy atom. The van der Waals surface area contributed by atoms with Gasteiger partial charge in [-0.25, -0.2) is 4.79 Å². The molecule has 0 saturated heterocycles. The van der Waals surface area contributed by atoms with Gasteiger partial charge >= 0.3 is 6.03 Å². The summed E-state index contributed by atoms with van der Waals surface area (Å²) < 4.78 is 0. The molecule has 2 aromatic carbocycles. The summed E-state index contributed by atoms with van der Waals surface area (Å²) in [7, 11) is 0. The molecule has 2 aromatic rings. The lowest BCUT2D eigenvalue weighted by atomic mass is 9.95. The second-order valence-electron chi connectivity index (χ2n) is 6.83. The van der Waals surface area contributed by atoms with Crippen molar-refractivity contribution < 1.29 is 9.59 Å². The average molecular weight is 351 g/mol. The Morgan fingerprint density at radius 3 is 1.92 bits per heavy atom. The van der Waals surface area contributed by atoms with Crippen molar-refractivity contribution >= 4 is 23.3 Å². The molecule has 1 saturated carbocycles. The predicted octanol–water partition coefficient (Wildman–Crippen LogP) is 4.70. The molecular formula is C21H25N3O2. The minimum absolute atomic E-state index is 0.0486. The summed E-state index contributed by atoms with van der Waals surface area (Å²) in [6, 6.07) is 14.5. The Bertz CT molecular complexity index is 748. The van der Waals surface area contributed by atoms with E-state index in [0.717, 1.165) is 24.1 Å². The van der Waals surface area contributed by atoms with Gasteiger partial charge in [0, 0.05) is 23.0 Å². The van der Waals surface area contributed by atoms with Crippen LogP contribution in [0.2, 0.25) is 0 Å². The highest BCUT2D eigenvalue weighted by Gasteiger charge is 2.16. The molecule has 0 atom stereocenters. The summed E-state index contributed by atoms with van der Waals surface area (Å²) in [6.07, 6.45) is 5.75. The van der Waals surface area contributed by atoms with Gasteiger partial charge < -0.3 is 16.0 Å². The van der Waals surface area contributed by atoms with Crippen LogP contribution in [0.1, 0.15) is 48.0 Å². The molecule has 3 N–H and O–H groups in total. The van der Waals surface area contributed by atoms with E-state index in [1.807, 2.05) is 31.2 Å². The zero-order valence-corrected chi connectivity index (χ0v) is 15.0. The first-order valence-corrected chi connectivity index (χ1v) is 9.16. The SMILES string of the molecule is Cc1ccc(NC(=O)Nc2ccc(C(=O)NC3CCCCC3)cc2)cc1. The number of nitrogens with one attached hydrogen (secondary N) is 3. The fourth-order valence-corrected chi connectivity index (χ4v) is 3.15. The molecule has 3 amide bonds. The number of benzene rings is 2. The Morgan fingerprint density at radius 2 is 1.35 bits per heavy atom. The van der Waals surface area contributed by atoms with E-state index >= 15 is 0 Å².